The van der Waals surface area contributed by atoms with Crippen LogP contribution < -0.4 is 0 Å². The first-order chi connectivity index (χ1) is 10.6. The van der Waals surface area contributed by atoms with E-state index in [9.17, 15) is 9.59 Å². The predicted octanol–water partition coefficient (Wildman–Crippen LogP) is 1.89. The SMILES string of the molecule is O=C(O)[C@@H]1CC[C@H]2CN(C(=O)OCc3ccccc3)C[C@@H]2O1. The molecule has 6 nitrogen and oxygen atoms in total. The zero-order valence-corrected chi connectivity index (χ0v) is 12.2. The molecule has 2 fully saturated rings. The Kier molecular flexibility index (Phi) is 4.29. The zero-order valence-electron chi connectivity index (χ0n) is 12.2. The van der Waals surface area contributed by atoms with Gasteiger partial charge in [-0.05, 0) is 18.4 Å². The average molecular weight is 305 g/mol. The van der Waals surface area contributed by atoms with Crippen LogP contribution in [0.2, 0.25) is 0 Å². The van der Waals surface area contributed by atoms with Gasteiger partial charge in [-0.25, -0.2) is 9.59 Å². The minimum absolute atomic E-state index is 0.195. The summed E-state index contributed by atoms with van der Waals surface area (Å²) in [6, 6.07) is 9.50. The Bertz CT molecular complexity index is 547. The molecule has 2 saturated heterocycles. The molecule has 1 aromatic carbocycles. The zero-order chi connectivity index (χ0) is 15.5. The van der Waals surface area contributed by atoms with Crippen LogP contribution in [-0.2, 0) is 20.9 Å². The van der Waals surface area contributed by atoms with Gasteiger partial charge in [0, 0.05) is 12.5 Å². The van der Waals surface area contributed by atoms with Gasteiger partial charge < -0.3 is 19.5 Å². The first kappa shape index (κ1) is 14.8. The Balaban J connectivity index is 1.52. The van der Waals surface area contributed by atoms with Crippen molar-refractivity contribution in [2.45, 2.75) is 31.7 Å². The molecule has 1 amide bonds. The normalized spacial score (nSPS) is 27.3. The van der Waals surface area contributed by atoms with Crippen molar-refractivity contribution in [3.05, 3.63) is 35.9 Å². The molecule has 0 bridgehead atoms. The highest BCUT2D eigenvalue weighted by atomic mass is 16.6. The summed E-state index contributed by atoms with van der Waals surface area (Å²) in [4.78, 5) is 24.7. The Morgan fingerprint density at radius 1 is 1.23 bits per heavy atom. The minimum Gasteiger partial charge on any atom is -0.479 e. The number of rotatable bonds is 3. The van der Waals surface area contributed by atoms with E-state index in [4.69, 9.17) is 14.6 Å². The molecular formula is C16H19NO5. The molecule has 0 spiro atoms. The number of hydrogen-bond donors (Lipinski definition) is 1. The van der Waals surface area contributed by atoms with Gasteiger partial charge in [-0.2, -0.15) is 0 Å². The number of aliphatic carboxylic acids is 1. The van der Waals surface area contributed by atoms with E-state index in [-0.39, 0.29) is 24.7 Å². The second-order valence-electron chi connectivity index (χ2n) is 5.78. The molecule has 1 N–H and O–H groups in total. The summed E-state index contributed by atoms with van der Waals surface area (Å²) < 4.78 is 10.9. The van der Waals surface area contributed by atoms with Gasteiger partial charge in [0.2, 0.25) is 0 Å². The number of carbonyl (C=O) groups excluding carboxylic acids is 1. The Hall–Kier alpha value is -2.08. The van der Waals surface area contributed by atoms with E-state index in [1.165, 1.54) is 0 Å². The van der Waals surface area contributed by atoms with Crippen LogP contribution in [0, 0.1) is 5.92 Å². The molecule has 2 aliphatic heterocycles. The fourth-order valence-corrected chi connectivity index (χ4v) is 3.06. The first-order valence-electron chi connectivity index (χ1n) is 7.47. The standard InChI is InChI=1S/C16H19NO5/c18-15(19)13-7-6-12-8-17(9-14(12)22-13)16(20)21-10-11-4-2-1-3-5-11/h1-5,12-14H,6-10H2,(H,18,19)/t12-,13-,14-/m0/s1. The highest BCUT2D eigenvalue weighted by molar-refractivity contribution is 5.72. The largest absolute Gasteiger partial charge is 0.479 e. The second kappa shape index (κ2) is 6.36. The lowest BCUT2D eigenvalue weighted by Gasteiger charge is -2.28. The number of likely N-dealkylation sites (tertiary alicyclic amines) is 1. The summed E-state index contributed by atoms with van der Waals surface area (Å²) in [6.45, 7) is 1.22. The van der Waals surface area contributed by atoms with Crippen molar-refractivity contribution in [2.75, 3.05) is 13.1 Å². The van der Waals surface area contributed by atoms with E-state index >= 15 is 0 Å². The molecule has 3 atom stereocenters. The second-order valence-corrected chi connectivity index (χ2v) is 5.78. The van der Waals surface area contributed by atoms with Crippen molar-refractivity contribution in [1.82, 2.24) is 4.90 Å². The van der Waals surface area contributed by atoms with Gasteiger partial charge in [-0.1, -0.05) is 30.3 Å². The minimum atomic E-state index is -0.927. The van der Waals surface area contributed by atoms with Crippen LogP contribution >= 0.6 is 0 Å². The van der Waals surface area contributed by atoms with Crippen molar-refractivity contribution in [3.8, 4) is 0 Å². The summed E-state index contributed by atoms with van der Waals surface area (Å²) in [7, 11) is 0. The third kappa shape index (κ3) is 3.22. The highest BCUT2D eigenvalue weighted by Crippen LogP contribution is 2.31. The van der Waals surface area contributed by atoms with Crippen molar-refractivity contribution >= 4 is 12.1 Å². The van der Waals surface area contributed by atoms with Crippen LogP contribution in [0.25, 0.3) is 0 Å². The maximum atomic E-state index is 12.1. The van der Waals surface area contributed by atoms with E-state index < -0.39 is 12.1 Å². The first-order valence-corrected chi connectivity index (χ1v) is 7.47. The number of fused-ring (bicyclic) bond motifs is 1. The maximum absolute atomic E-state index is 12.1. The number of ether oxygens (including phenoxy) is 2. The molecule has 0 radical (unpaired) electrons. The molecule has 0 aromatic heterocycles. The lowest BCUT2D eigenvalue weighted by Crippen LogP contribution is -2.38. The van der Waals surface area contributed by atoms with Gasteiger partial charge >= 0.3 is 12.1 Å². The van der Waals surface area contributed by atoms with Crippen LogP contribution in [0.4, 0.5) is 4.79 Å². The molecule has 6 heteroatoms. The topological polar surface area (TPSA) is 76.1 Å². The summed E-state index contributed by atoms with van der Waals surface area (Å²) in [5.74, 6) is -0.719. The van der Waals surface area contributed by atoms with Gasteiger partial charge in [-0.15, -0.1) is 0 Å². The fourth-order valence-electron chi connectivity index (χ4n) is 3.06. The Morgan fingerprint density at radius 3 is 2.73 bits per heavy atom. The molecule has 0 unspecified atom stereocenters. The lowest BCUT2D eigenvalue weighted by molar-refractivity contribution is -0.160. The van der Waals surface area contributed by atoms with Gasteiger partial charge in [-0.3, -0.25) is 0 Å². The van der Waals surface area contributed by atoms with Crippen LogP contribution in [0.1, 0.15) is 18.4 Å². The molecule has 3 rings (SSSR count). The van der Waals surface area contributed by atoms with E-state index in [0.717, 1.165) is 12.0 Å². The number of nitrogens with zero attached hydrogens (tertiary/aromatic N) is 1. The smallest absolute Gasteiger partial charge is 0.410 e. The number of carboxylic acids is 1. The van der Waals surface area contributed by atoms with Crippen LogP contribution in [0.15, 0.2) is 30.3 Å². The molecule has 2 aliphatic rings. The van der Waals surface area contributed by atoms with Crippen molar-refractivity contribution in [3.63, 3.8) is 0 Å². The third-order valence-electron chi connectivity index (χ3n) is 4.26. The number of hydrogen-bond acceptors (Lipinski definition) is 4. The predicted molar refractivity (Wildman–Crippen MR) is 77.2 cm³/mol. The third-order valence-corrected chi connectivity index (χ3v) is 4.26. The van der Waals surface area contributed by atoms with Crippen LogP contribution in [-0.4, -0.2) is 47.4 Å². The number of carbonyl (C=O) groups is 2. The van der Waals surface area contributed by atoms with Crippen LogP contribution in [0.5, 0.6) is 0 Å². The molecular weight excluding hydrogens is 286 g/mol. The lowest BCUT2D eigenvalue weighted by atomic mass is 9.94. The monoisotopic (exact) mass is 305 g/mol. The molecule has 118 valence electrons. The van der Waals surface area contributed by atoms with Crippen molar-refractivity contribution in [1.29, 1.82) is 0 Å². The Labute approximate surface area is 128 Å². The maximum Gasteiger partial charge on any atom is 0.410 e. The van der Waals surface area contributed by atoms with Gasteiger partial charge in [0.05, 0.1) is 12.6 Å². The molecule has 1 aromatic rings. The fraction of sp³-hybridized carbons (Fsp3) is 0.500. The molecule has 0 aliphatic carbocycles. The van der Waals surface area contributed by atoms with Crippen molar-refractivity contribution < 1.29 is 24.2 Å². The number of carboxylic acid groups (broad SMARTS) is 1. The summed E-state index contributed by atoms with van der Waals surface area (Å²) >= 11 is 0. The summed E-state index contributed by atoms with van der Waals surface area (Å²) in [6.07, 6.45) is -0.0394. The van der Waals surface area contributed by atoms with E-state index in [0.29, 0.717) is 19.5 Å². The van der Waals surface area contributed by atoms with E-state index in [1.54, 1.807) is 4.90 Å². The van der Waals surface area contributed by atoms with E-state index in [2.05, 4.69) is 0 Å². The molecule has 2 heterocycles. The van der Waals surface area contributed by atoms with Gasteiger partial charge in [0.1, 0.15) is 6.61 Å². The number of amides is 1. The molecule has 22 heavy (non-hydrogen) atoms. The van der Waals surface area contributed by atoms with Gasteiger partial charge in [0.15, 0.2) is 6.10 Å². The Morgan fingerprint density at radius 2 is 2.00 bits per heavy atom. The van der Waals surface area contributed by atoms with Crippen molar-refractivity contribution in [2.24, 2.45) is 5.92 Å². The summed E-state index contributed by atoms with van der Waals surface area (Å²) in [5, 5.41) is 9.01. The molecule has 0 saturated carbocycles. The quantitative estimate of drug-likeness (QED) is 0.923. The summed E-state index contributed by atoms with van der Waals surface area (Å²) in [5.41, 5.74) is 0.939. The van der Waals surface area contributed by atoms with Crippen LogP contribution in [0.3, 0.4) is 0 Å². The average Bonchev–Trinajstić information content (AvgIpc) is 2.96. The highest BCUT2D eigenvalue weighted by Gasteiger charge is 2.42. The number of benzene rings is 1. The van der Waals surface area contributed by atoms with Gasteiger partial charge in [0.25, 0.3) is 0 Å². The van der Waals surface area contributed by atoms with E-state index in [1.807, 2.05) is 30.3 Å².